The van der Waals surface area contributed by atoms with E-state index in [1.807, 2.05) is 0 Å². The highest BCUT2D eigenvalue weighted by molar-refractivity contribution is 5.76. The molecule has 0 aromatic rings. The molecule has 0 fully saturated rings. The smallest absolute Gasteiger partial charge is 0.305 e. The van der Waals surface area contributed by atoms with Gasteiger partial charge in [0, 0.05) is 12.8 Å². The molecule has 6 heteroatoms. The molecule has 0 aromatic carbocycles. The average Bonchev–Trinajstić information content (AvgIpc) is 3.43. The molecule has 0 bridgehead atoms. The molecular weight excluding hydrogens is 947 g/mol. The lowest BCUT2D eigenvalue weighted by molar-refractivity contribution is -0.143. The first-order valence-electron chi connectivity index (χ1n) is 35.1. The lowest BCUT2D eigenvalue weighted by atomic mass is 10.0. The summed E-state index contributed by atoms with van der Waals surface area (Å²) >= 11 is 0. The molecule has 1 amide bonds. The number of unbranched alkanes of at least 4 members (excludes halogenated alkanes) is 51. The van der Waals surface area contributed by atoms with Gasteiger partial charge < -0.3 is 20.3 Å². The highest BCUT2D eigenvalue weighted by Gasteiger charge is 2.20. The van der Waals surface area contributed by atoms with Crippen LogP contribution in [0.3, 0.4) is 0 Å². The molecule has 0 aliphatic carbocycles. The number of hydrogen-bond acceptors (Lipinski definition) is 5. The van der Waals surface area contributed by atoms with Crippen molar-refractivity contribution in [2.24, 2.45) is 0 Å². The lowest BCUT2D eigenvalue weighted by Gasteiger charge is -2.22. The second-order valence-electron chi connectivity index (χ2n) is 24.2. The van der Waals surface area contributed by atoms with E-state index in [0.29, 0.717) is 25.9 Å². The summed E-state index contributed by atoms with van der Waals surface area (Å²) in [7, 11) is 0. The molecule has 456 valence electrons. The molecule has 77 heavy (non-hydrogen) atoms. The van der Waals surface area contributed by atoms with Crippen molar-refractivity contribution < 1.29 is 24.5 Å². The van der Waals surface area contributed by atoms with E-state index in [-0.39, 0.29) is 18.5 Å². The van der Waals surface area contributed by atoms with Gasteiger partial charge in [0.2, 0.25) is 5.91 Å². The third-order valence-corrected chi connectivity index (χ3v) is 16.5. The van der Waals surface area contributed by atoms with Gasteiger partial charge in [0.15, 0.2) is 0 Å². The van der Waals surface area contributed by atoms with Crippen LogP contribution in [0.25, 0.3) is 0 Å². The number of carbonyl (C=O) groups excluding carboxylic acids is 2. The maximum atomic E-state index is 12.4. The van der Waals surface area contributed by atoms with Crippen molar-refractivity contribution in [3.8, 4) is 0 Å². The summed E-state index contributed by atoms with van der Waals surface area (Å²) in [6.45, 7) is 4.97. The van der Waals surface area contributed by atoms with Gasteiger partial charge >= 0.3 is 5.97 Å². The summed E-state index contributed by atoms with van der Waals surface area (Å²) in [6, 6.07) is -0.538. The molecule has 2 unspecified atom stereocenters. The fourth-order valence-corrected chi connectivity index (χ4v) is 11.1. The second kappa shape index (κ2) is 66.8. The molecule has 0 aliphatic heterocycles. The Morgan fingerprint density at radius 3 is 0.987 bits per heavy atom. The van der Waals surface area contributed by atoms with Crippen molar-refractivity contribution in [1.82, 2.24) is 5.32 Å². The summed E-state index contributed by atoms with van der Waals surface area (Å²) in [5.41, 5.74) is 0. The number of amides is 1. The van der Waals surface area contributed by atoms with Gasteiger partial charge in [-0.15, -0.1) is 0 Å². The number of nitrogens with one attached hydrogen (secondary N) is 1. The van der Waals surface area contributed by atoms with E-state index in [0.717, 1.165) is 44.9 Å². The Labute approximate surface area is 481 Å². The maximum absolute atomic E-state index is 12.4. The summed E-state index contributed by atoms with van der Waals surface area (Å²) in [5.74, 6) is -0.0143. The van der Waals surface area contributed by atoms with Crippen LogP contribution in [0.2, 0.25) is 0 Å². The Kier molecular flexibility index (Phi) is 65.4. The topological polar surface area (TPSA) is 95.9 Å². The fourth-order valence-electron chi connectivity index (χ4n) is 11.1. The highest BCUT2D eigenvalue weighted by Crippen LogP contribution is 2.19. The molecule has 0 saturated heterocycles. The molecule has 6 nitrogen and oxygen atoms in total. The van der Waals surface area contributed by atoms with E-state index in [9.17, 15) is 19.8 Å². The van der Waals surface area contributed by atoms with Crippen molar-refractivity contribution in [3.05, 3.63) is 24.3 Å². The Morgan fingerprint density at radius 1 is 0.364 bits per heavy atom. The number of allylic oxidation sites excluding steroid dienone is 4. The Hall–Kier alpha value is -1.66. The zero-order chi connectivity index (χ0) is 55.7. The van der Waals surface area contributed by atoms with Crippen LogP contribution >= 0.6 is 0 Å². The third-order valence-electron chi connectivity index (χ3n) is 16.5. The zero-order valence-corrected chi connectivity index (χ0v) is 52.2. The van der Waals surface area contributed by atoms with E-state index in [1.54, 1.807) is 0 Å². The summed E-state index contributed by atoms with van der Waals surface area (Å²) in [6.07, 6.45) is 83.9. The van der Waals surface area contributed by atoms with Gasteiger partial charge in [-0.05, 0) is 57.8 Å². The number of rotatable bonds is 66. The van der Waals surface area contributed by atoms with Gasteiger partial charge in [-0.2, -0.15) is 0 Å². The summed E-state index contributed by atoms with van der Waals surface area (Å²) < 4.78 is 5.50. The van der Waals surface area contributed by atoms with Crippen LogP contribution in [-0.4, -0.2) is 47.4 Å². The molecule has 2 atom stereocenters. The van der Waals surface area contributed by atoms with E-state index in [2.05, 4.69) is 43.5 Å². The van der Waals surface area contributed by atoms with Crippen molar-refractivity contribution >= 4 is 11.9 Å². The third kappa shape index (κ3) is 63.4. The van der Waals surface area contributed by atoms with Crippen LogP contribution in [-0.2, 0) is 14.3 Å². The van der Waals surface area contributed by atoms with Gasteiger partial charge in [-0.3, -0.25) is 9.59 Å². The Morgan fingerprint density at radius 2 is 0.649 bits per heavy atom. The minimum atomic E-state index is -0.661. The molecule has 0 aromatic heterocycles. The van der Waals surface area contributed by atoms with Crippen LogP contribution in [0.15, 0.2) is 24.3 Å². The molecule has 0 aliphatic rings. The molecule has 0 spiro atoms. The largest absolute Gasteiger partial charge is 0.466 e. The van der Waals surface area contributed by atoms with Gasteiger partial charge in [0.05, 0.1) is 25.4 Å². The van der Waals surface area contributed by atoms with Gasteiger partial charge in [-0.1, -0.05) is 346 Å². The molecular formula is C71H137NO5. The zero-order valence-electron chi connectivity index (χ0n) is 52.2. The van der Waals surface area contributed by atoms with E-state index >= 15 is 0 Å². The number of aliphatic hydroxyl groups excluding tert-OH is 2. The SMILES string of the molecule is CCCCCCCCCCCCCCCCCCCC(=O)OCCCCCCCCCCC/C=C\C/C=C\CCCCCCCCCCCCCCCCCCCC(=O)NC(CO)C(O)CCCCCCCCCCCC. The summed E-state index contributed by atoms with van der Waals surface area (Å²) in [4.78, 5) is 24.5. The fraction of sp³-hybridized carbons (Fsp3) is 0.915. The van der Waals surface area contributed by atoms with Crippen LogP contribution < -0.4 is 5.32 Å². The van der Waals surface area contributed by atoms with Crippen molar-refractivity contribution in [3.63, 3.8) is 0 Å². The molecule has 0 rings (SSSR count). The predicted molar refractivity (Wildman–Crippen MR) is 338 cm³/mol. The van der Waals surface area contributed by atoms with Crippen molar-refractivity contribution in [1.29, 1.82) is 0 Å². The van der Waals surface area contributed by atoms with Gasteiger partial charge in [0.25, 0.3) is 0 Å². The van der Waals surface area contributed by atoms with Crippen LogP contribution in [0.4, 0.5) is 0 Å². The standard InChI is InChI=1S/C71H137NO5/c1-3-5-7-9-11-13-15-16-17-35-39-42-45-49-53-57-61-65-71(76)77-66-62-58-54-50-46-43-40-37-34-32-30-28-26-24-22-20-18-19-21-23-25-27-29-31-33-36-38-41-44-48-52-56-60-64-70(75)72-68(67-73)69(74)63-59-55-51-47-14-12-10-8-6-4-2/h22,24,28,30,68-69,73-74H,3-21,23,25-27,29,31-67H2,1-2H3,(H,72,75)/b24-22-,30-28-. The molecule has 0 radical (unpaired) electrons. The highest BCUT2D eigenvalue weighted by atomic mass is 16.5. The molecule has 3 N–H and O–H groups in total. The molecule has 0 saturated carbocycles. The van der Waals surface area contributed by atoms with Crippen LogP contribution in [0, 0.1) is 0 Å². The molecule has 0 heterocycles. The maximum Gasteiger partial charge on any atom is 0.305 e. The van der Waals surface area contributed by atoms with Crippen LogP contribution in [0.1, 0.15) is 393 Å². The van der Waals surface area contributed by atoms with Gasteiger partial charge in [0.1, 0.15) is 0 Å². The van der Waals surface area contributed by atoms with Gasteiger partial charge in [-0.25, -0.2) is 0 Å². The lowest BCUT2D eigenvalue weighted by Crippen LogP contribution is -2.45. The monoisotopic (exact) mass is 1080 g/mol. The van der Waals surface area contributed by atoms with Crippen LogP contribution in [0.5, 0.6) is 0 Å². The van der Waals surface area contributed by atoms with E-state index < -0.39 is 12.1 Å². The van der Waals surface area contributed by atoms with E-state index in [1.165, 1.54) is 315 Å². The number of hydrogen-bond donors (Lipinski definition) is 3. The number of ether oxygens (including phenoxy) is 1. The first-order chi connectivity index (χ1) is 38.0. The average molecular weight is 1080 g/mol. The predicted octanol–water partition coefficient (Wildman–Crippen LogP) is 22.5. The summed E-state index contributed by atoms with van der Waals surface area (Å²) in [5, 5.41) is 23.2. The second-order valence-corrected chi connectivity index (χ2v) is 24.2. The Bertz CT molecular complexity index is 1200. The first kappa shape index (κ1) is 75.3. The number of esters is 1. The Balaban J connectivity index is 3.34. The number of aliphatic hydroxyl groups is 2. The minimum absolute atomic E-state index is 0.0187. The van der Waals surface area contributed by atoms with Crippen molar-refractivity contribution in [2.45, 2.75) is 405 Å². The first-order valence-corrected chi connectivity index (χ1v) is 35.1. The van der Waals surface area contributed by atoms with E-state index in [4.69, 9.17) is 4.74 Å². The minimum Gasteiger partial charge on any atom is -0.466 e. The normalized spacial score (nSPS) is 12.6. The quantitative estimate of drug-likeness (QED) is 0.0320. The van der Waals surface area contributed by atoms with Crippen molar-refractivity contribution in [2.75, 3.05) is 13.2 Å². The number of carbonyl (C=O) groups is 2.